The lowest BCUT2D eigenvalue weighted by Gasteiger charge is -2.11. The van der Waals surface area contributed by atoms with E-state index >= 15 is 0 Å². The van der Waals surface area contributed by atoms with Crippen LogP contribution in [-0.4, -0.2) is 24.9 Å². The summed E-state index contributed by atoms with van der Waals surface area (Å²) in [6.45, 7) is 0.401. The lowest BCUT2D eigenvalue weighted by molar-refractivity contribution is -0.671. The SMILES string of the molecule is C[n+]1ccc(C([O-])=NCCN=C([O-])c2cc[n+](C)cc2)cc1.I.I. The average Bonchev–Trinajstić information content (AvgIpc) is 2.52. The largest absolute Gasteiger partial charge is 0.858 e. The number of nitrogens with zero attached hydrogens (tertiary/aromatic N) is 4. The van der Waals surface area contributed by atoms with Crippen molar-refractivity contribution in [2.24, 2.45) is 24.1 Å². The highest BCUT2D eigenvalue weighted by molar-refractivity contribution is 14.0. The highest BCUT2D eigenvalue weighted by Gasteiger charge is 1.96. The average molecular weight is 554 g/mol. The zero-order valence-corrected chi connectivity index (χ0v) is 18.1. The molecule has 24 heavy (non-hydrogen) atoms. The molecule has 6 nitrogen and oxygen atoms in total. The lowest BCUT2D eigenvalue weighted by Crippen LogP contribution is -2.28. The van der Waals surface area contributed by atoms with Crippen molar-refractivity contribution >= 4 is 59.7 Å². The van der Waals surface area contributed by atoms with E-state index in [1.54, 1.807) is 49.1 Å². The van der Waals surface area contributed by atoms with Crippen molar-refractivity contribution in [1.82, 2.24) is 0 Å². The highest BCUT2D eigenvalue weighted by atomic mass is 127. The van der Waals surface area contributed by atoms with Gasteiger partial charge < -0.3 is 10.2 Å². The Morgan fingerprint density at radius 3 is 1.33 bits per heavy atom. The quantitative estimate of drug-likeness (QED) is 0.164. The van der Waals surface area contributed by atoms with Crippen LogP contribution in [0.3, 0.4) is 0 Å². The summed E-state index contributed by atoms with van der Waals surface area (Å²) in [6.07, 6.45) is 7.14. The van der Waals surface area contributed by atoms with Gasteiger partial charge in [-0.3, -0.25) is 9.98 Å². The molecule has 0 fully saturated rings. The van der Waals surface area contributed by atoms with Gasteiger partial charge in [-0.25, -0.2) is 9.13 Å². The van der Waals surface area contributed by atoms with Crippen molar-refractivity contribution in [2.45, 2.75) is 0 Å². The number of aryl methyl sites for hydroxylation is 2. The number of hydrogen-bond donors (Lipinski definition) is 0. The van der Waals surface area contributed by atoms with Gasteiger partial charge >= 0.3 is 0 Å². The molecule has 0 aliphatic heterocycles. The third-order valence-electron chi connectivity index (χ3n) is 3.06. The second-order valence-electron chi connectivity index (χ2n) is 4.88. The van der Waals surface area contributed by atoms with E-state index in [-0.39, 0.29) is 72.8 Å². The Balaban J connectivity index is 0.00000264. The molecular formula is C16H20I2N4O2. The van der Waals surface area contributed by atoms with Gasteiger partial charge in [-0.2, -0.15) is 0 Å². The van der Waals surface area contributed by atoms with Crippen LogP contribution in [0.2, 0.25) is 0 Å². The van der Waals surface area contributed by atoms with E-state index < -0.39 is 0 Å². The van der Waals surface area contributed by atoms with Crippen LogP contribution in [0, 0.1) is 0 Å². The Labute approximate surface area is 175 Å². The molecule has 0 aromatic carbocycles. The Morgan fingerprint density at radius 2 is 1.04 bits per heavy atom. The Bertz CT molecular complexity index is 625. The molecule has 0 aliphatic carbocycles. The third-order valence-corrected chi connectivity index (χ3v) is 3.06. The molecule has 0 N–H and O–H groups in total. The molecule has 0 saturated carbocycles. The van der Waals surface area contributed by atoms with Crippen molar-refractivity contribution in [1.29, 1.82) is 0 Å². The van der Waals surface area contributed by atoms with Gasteiger partial charge in [0, 0.05) is 24.3 Å². The van der Waals surface area contributed by atoms with E-state index in [1.165, 1.54) is 0 Å². The fourth-order valence-electron chi connectivity index (χ4n) is 1.77. The van der Waals surface area contributed by atoms with Crippen molar-refractivity contribution in [3.05, 3.63) is 60.2 Å². The molecule has 2 aromatic rings. The van der Waals surface area contributed by atoms with Gasteiger partial charge in [-0.15, -0.1) is 48.0 Å². The van der Waals surface area contributed by atoms with Crippen LogP contribution in [0.4, 0.5) is 0 Å². The minimum Gasteiger partial charge on any atom is -0.858 e. The fraction of sp³-hybridized carbons (Fsp3) is 0.250. The van der Waals surface area contributed by atoms with E-state index in [0.717, 1.165) is 0 Å². The summed E-state index contributed by atoms with van der Waals surface area (Å²) in [5.41, 5.74) is 1.06. The smallest absolute Gasteiger partial charge is 0.169 e. The second kappa shape index (κ2) is 11.3. The molecule has 2 heterocycles. The van der Waals surface area contributed by atoms with Crippen LogP contribution in [0.1, 0.15) is 11.1 Å². The zero-order chi connectivity index (χ0) is 15.9. The summed E-state index contributed by atoms with van der Waals surface area (Å²) in [6, 6.07) is 6.83. The summed E-state index contributed by atoms with van der Waals surface area (Å²) in [5, 5.41) is 23.6. The third kappa shape index (κ3) is 7.07. The van der Waals surface area contributed by atoms with Crippen LogP contribution in [0.25, 0.3) is 0 Å². The molecular weight excluding hydrogens is 534 g/mol. The van der Waals surface area contributed by atoms with E-state index in [1.807, 2.05) is 23.2 Å². The first kappa shape index (κ1) is 22.7. The molecule has 0 atom stereocenters. The Kier molecular flexibility index (Phi) is 10.7. The summed E-state index contributed by atoms with van der Waals surface area (Å²) in [7, 11) is 3.75. The van der Waals surface area contributed by atoms with Crippen LogP contribution >= 0.6 is 48.0 Å². The van der Waals surface area contributed by atoms with Crippen molar-refractivity contribution in [2.75, 3.05) is 13.1 Å². The van der Waals surface area contributed by atoms with Crippen molar-refractivity contribution in [3.8, 4) is 0 Å². The van der Waals surface area contributed by atoms with E-state index in [0.29, 0.717) is 11.1 Å². The number of rotatable bonds is 5. The van der Waals surface area contributed by atoms with Gasteiger partial charge in [0.05, 0.1) is 13.1 Å². The van der Waals surface area contributed by atoms with Gasteiger partial charge in [0.25, 0.3) is 0 Å². The zero-order valence-electron chi connectivity index (χ0n) is 13.5. The Hall–Kier alpha value is -1.30. The maximum atomic E-state index is 11.8. The Morgan fingerprint density at radius 1 is 0.750 bits per heavy atom. The predicted molar refractivity (Wildman–Crippen MR) is 109 cm³/mol. The van der Waals surface area contributed by atoms with Gasteiger partial charge in [0.15, 0.2) is 24.8 Å². The van der Waals surface area contributed by atoms with Gasteiger partial charge in [0.1, 0.15) is 14.1 Å². The monoisotopic (exact) mass is 554 g/mol. The molecule has 2 aromatic heterocycles. The number of hydrogen-bond acceptors (Lipinski definition) is 4. The van der Waals surface area contributed by atoms with Gasteiger partial charge in [-0.05, 0) is 22.9 Å². The first-order chi connectivity index (χ1) is 10.6. The first-order valence-electron chi connectivity index (χ1n) is 6.90. The number of aromatic nitrogens is 2. The topological polar surface area (TPSA) is 78.6 Å². The summed E-state index contributed by atoms with van der Waals surface area (Å²) < 4.78 is 3.68. The second-order valence-corrected chi connectivity index (χ2v) is 4.88. The lowest BCUT2D eigenvalue weighted by atomic mass is 10.2. The molecule has 0 spiro atoms. The van der Waals surface area contributed by atoms with Crippen LogP contribution in [0.5, 0.6) is 0 Å². The minimum absolute atomic E-state index is 0. The van der Waals surface area contributed by atoms with Crippen LogP contribution in [0.15, 0.2) is 59.0 Å². The molecule has 130 valence electrons. The van der Waals surface area contributed by atoms with Crippen LogP contribution in [-0.2, 0) is 14.1 Å². The molecule has 2 rings (SSSR count). The molecule has 0 bridgehead atoms. The first-order valence-corrected chi connectivity index (χ1v) is 6.90. The maximum absolute atomic E-state index is 11.8. The summed E-state index contributed by atoms with van der Waals surface area (Å²) in [4.78, 5) is 7.81. The summed E-state index contributed by atoms with van der Waals surface area (Å²) >= 11 is 0. The van der Waals surface area contributed by atoms with Crippen molar-refractivity contribution in [3.63, 3.8) is 0 Å². The standard InChI is InChI=1S/C16H18N4O2.2HI/c1-19-9-3-13(4-10-19)15(21)17-7-8-18-16(22)14-5-11-20(2)12-6-14;;/h3-6,9-12H,7-8H2,1-2H3;2*1H. The van der Waals surface area contributed by atoms with E-state index in [2.05, 4.69) is 9.98 Å². The van der Waals surface area contributed by atoms with Crippen LogP contribution < -0.4 is 19.3 Å². The molecule has 8 heteroatoms. The number of halogens is 2. The molecule has 0 amide bonds. The summed E-state index contributed by atoms with van der Waals surface area (Å²) in [5.74, 6) is -0.593. The molecule has 0 saturated heterocycles. The van der Waals surface area contributed by atoms with Gasteiger partial charge in [0.2, 0.25) is 0 Å². The molecule has 0 unspecified atom stereocenters. The normalized spacial score (nSPS) is 11.4. The highest BCUT2D eigenvalue weighted by Crippen LogP contribution is 1.96. The number of pyridine rings is 2. The molecule has 0 radical (unpaired) electrons. The van der Waals surface area contributed by atoms with Gasteiger partial charge in [-0.1, -0.05) is 0 Å². The number of aliphatic imine (C=N–C) groups is 2. The molecule has 0 aliphatic rings. The van der Waals surface area contributed by atoms with Crippen molar-refractivity contribution < 1.29 is 19.3 Å². The van der Waals surface area contributed by atoms with E-state index in [9.17, 15) is 10.2 Å². The predicted octanol–water partition coefficient (Wildman–Crippen LogP) is -0.514. The minimum atomic E-state index is -0.296. The van der Waals surface area contributed by atoms with E-state index in [4.69, 9.17) is 0 Å². The fourth-order valence-corrected chi connectivity index (χ4v) is 1.77. The maximum Gasteiger partial charge on any atom is 0.169 e.